The maximum absolute atomic E-state index is 14.0. The van der Waals surface area contributed by atoms with Crippen molar-refractivity contribution >= 4 is 41.5 Å². The van der Waals surface area contributed by atoms with Crippen LogP contribution in [0.3, 0.4) is 0 Å². The number of carbonyl (C=O) groups excluding carboxylic acids is 6. The summed E-state index contributed by atoms with van der Waals surface area (Å²) in [6, 6.07) is 18.8. The average molecular weight is 741 g/mol. The fraction of sp³-hybridized carbons (Fsp3) is 0.366. The summed E-state index contributed by atoms with van der Waals surface area (Å²) in [5.41, 5.74) is 7.68. The molecule has 3 rings (SSSR count). The van der Waals surface area contributed by atoms with Crippen molar-refractivity contribution in [1.82, 2.24) is 26.6 Å². The van der Waals surface area contributed by atoms with Crippen molar-refractivity contribution in [2.75, 3.05) is 0 Å². The van der Waals surface area contributed by atoms with E-state index in [0.717, 1.165) is 11.1 Å². The normalized spacial score (nSPS) is 14.0. The highest BCUT2D eigenvalue weighted by Gasteiger charge is 2.33. The van der Waals surface area contributed by atoms with E-state index in [1.165, 1.54) is 31.2 Å². The Morgan fingerprint density at radius 1 is 0.611 bits per heavy atom. The number of amides is 6. The van der Waals surface area contributed by atoms with Crippen LogP contribution in [0.2, 0.25) is 0 Å². The van der Waals surface area contributed by atoms with Gasteiger partial charge in [0, 0.05) is 18.9 Å². The second-order valence-electron chi connectivity index (χ2n) is 14.0. The topological polar surface area (TPSA) is 209 Å². The summed E-state index contributed by atoms with van der Waals surface area (Å²) in [4.78, 5) is 79.5. The fourth-order valence-electron chi connectivity index (χ4n) is 5.54. The summed E-state index contributed by atoms with van der Waals surface area (Å²) < 4.78 is 0. The first-order chi connectivity index (χ1) is 25.6. The van der Waals surface area contributed by atoms with Gasteiger partial charge in [0.2, 0.25) is 35.4 Å². The van der Waals surface area contributed by atoms with E-state index in [4.69, 9.17) is 5.73 Å². The van der Waals surface area contributed by atoms with Gasteiger partial charge in [-0.25, -0.2) is 0 Å². The Bertz CT molecular complexity index is 1750. The van der Waals surface area contributed by atoms with Gasteiger partial charge in [0.05, 0.1) is 0 Å². The van der Waals surface area contributed by atoms with Gasteiger partial charge in [-0.05, 0) is 60.1 Å². The number of nitrogens with one attached hydrogen (secondary N) is 5. The van der Waals surface area contributed by atoms with Crippen LogP contribution < -0.4 is 32.3 Å². The van der Waals surface area contributed by atoms with E-state index < -0.39 is 71.6 Å². The van der Waals surface area contributed by atoms with Crippen molar-refractivity contribution in [1.29, 1.82) is 0 Å². The van der Waals surface area contributed by atoms with Crippen LogP contribution in [0.5, 0.6) is 5.75 Å². The van der Waals surface area contributed by atoms with Gasteiger partial charge in [-0.1, -0.05) is 100 Å². The number of aromatic hydroxyl groups is 1. The zero-order chi connectivity index (χ0) is 39.8. The molecule has 6 amide bonds. The van der Waals surface area contributed by atoms with E-state index in [-0.39, 0.29) is 24.5 Å². The number of phenolic OH excluding ortho intramolecular Hbond substituents is 1. The van der Waals surface area contributed by atoms with E-state index >= 15 is 0 Å². The molecule has 0 unspecified atom stereocenters. The van der Waals surface area contributed by atoms with Gasteiger partial charge in [0.15, 0.2) is 0 Å². The Balaban J connectivity index is 1.82. The van der Waals surface area contributed by atoms with Gasteiger partial charge >= 0.3 is 0 Å². The minimum Gasteiger partial charge on any atom is -0.508 e. The summed E-state index contributed by atoms with van der Waals surface area (Å²) in [6.45, 7) is 8.75. The molecule has 0 radical (unpaired) electrons. The molecule has 54 heavy (non-hydrogen) atoms. The van der Waals surface area contributed by atoms with Crippen molar-refractivity contribution in [2.24, 2.45) is 17.6 Å². The maximum atomic E-state index is 14.0. The van der Waals surface area contributed by atoms with Gasteiger partial charge in [0.25, 0.3) is 0 Å². The molecule has 288 valence electrons. The Hall–Kier alpha value is -5.98. The standard InChI is InChI=1S/C41H52N6O7/c1-25(2)22-32(37(42)50)44-41(54)36(26(3)4)47-40(53)34(24-30-14-10-7-11-15-30)46-39(52)33(23-29-12-8-6-9-13-29)45-38(51)27(5)43-35(49)21-18-28-16-19-31(48)20-17-28/h6-21,25-27,32-34,36,48H,22-24H2,1-5H3,(H2,42,50)(H,43,49)(H,44,54)(H,45,51)(H,46,52)(H,47,53)/b21-18+/t27-,32-,33-,34-,36-/m1/s1. The molecule has 0 saturated heterocycles. The summed E-state index contributed by atoms with van der Waals surface area (Å²) in [6.07, 6.45) is 3.23. The lowest BCUT2D eigenvalue weighted by Gasteiger charge is -2.28. The Kier molecular flexibility index (Phi) is 16.4. The van der Waals surface area contributed by atoms with Gasteiger partial charge in [0.1, 0.15) is 36.0 Å². The van der Waals surface area contributed by atoms with Gasteiger partial charge in [-0.15, -0.1) is 0 Å². The first-order valence-electron chi connectivity index (χ1n) is 18.0. The largest absolute Gasteiger partial charge is 0.508 e. The highest BCUT2D eigenvalue weighted by Crippen LogP contribution is 2.12. The van der Waals surface area contributed by atoms with Crippen LogP contribution >= 0.6 is 0 Å². The van der Waals surface area contributed by atoms with Crippen LogP contribution in [0.4, 0.5) is 0 Å². The van der Waals surface area contributed by atoms with Gasteiger partial charge < -0.3 is 37.4 Å². The number of hydrogen-bond acceptors (Lipinski definition) is 7. The molecule has 5 atom stereocenters. The molecule has 0 spiro atoms. The third kappa shape index (κ3) is 14.2. The molecule has 0 aliphatic rings. The zero-order valence-corrected chi connectivity index (χ0v) is 31.4. The number of benzene rings is 3. The molecule has 0 bridgehead atoms. The molecule has 13 nitrogen and oxygen atoms in total. The molecule has 0 aromatic heterocycles. The first kappa shape index (κ1) is 42.4. The molecule has 3 aromatic rings. The molecule has 0 aliphatic carbocycles. The molecule has 0 saturated carbocycles. The van der Waals surface area contributed by atoms with Crippen molar-refractivity contribution < 1.29 is 33.9 Å². The molecule has 13 heteroatoms. The molecular weight excluding hydrogens is 688 g/mol. The third-order valence-corrected chi connectivity index (χ3v) is 8.52. The molecule has 8 N–H and O–H groups in total. The molecule has 0 fully saturated rings. The number of phenols is 1. The predicted molar refractivity (Wildman–Crippen MR) is 206 cm³/mol. The van der Waals surface area contributed by atoms with Crippen molar-refractivity contribution in [3.05, 3.63) is 108 Å². The predicted octanol–water partition coefficient (Wildman–Crippen LogP) is 2.52. The summed E-state index contributed by atoms with van der Waals surface area (Å²) in [7, 11) is 0. The van der Waals surface area contributed by atoms with E-state index in [0.29, 0.717) is 12.0 Å². The van der Waals surface area contributed by atoms with Crippen molar-refractivity contribution in [2.45, 2.75) is 84.1 Å². The number of rotatable bonds is 19. The highest BCUT2D eigenvalue weighted by molar-refractivity contribution is 5.98. The van der Waals surface area contributed by atoms with E-state index in [2.05, 4.69) is 26.6 Å². The minimum absolute atomic E-state index is 0.0634. The minimum atomic E-state index is -1.17. The van der Waals surface area contributed by atoms with Crippen LogP contribution in [-0.4, -0.2) is 70.8 Å². The second-order valence-corrected chi connectivity index (χ2v) is 14.0. The lowest BCUT2D eigenvalue weighted by Crippen LogP contribution is -2.60. The summed E-state index contributed by atoms with van der Waals surface area (Å²) in [5.74, 6) is -4.02. The van der Waals surface area contributed by atoms with Crippen LogP contribution in [0.1, 0.15) is 57.7 Å². The first-order valence-corrected chi connectivity index (χ1v) is 18.0. The van der Waals surface area contributed by atoms with Crippen LogP contribution in [-0.2, 0) is 41.6 Å². The SMILES string of the molecule is CC(C)C[C@@H](NC(=O)[C@H](NC(=O)[C@@H](Cc1ccccc1)NC(=O)[C@@H](Cc1ccccc1)NC(=O)[C@@H](C)NC(=O)/C=C/c1ccc(O)cc1)C(C)C)C(N)=O. The Labute approximate surface area is 316 Å². The quantitative estimate of drug-likeness (QED) is 0.0913. The molecule has 3 aromatic carbocycles. The summed E-state index contributed by atoms with van der Waals surface area (Å²) >= 11 is 0. The van der Waals surface area contributed by atoms with Gasteiger partial charge in [-0.2, -0.15) is 0 Å². The molecule has 0 heterocycles. The monoisotopic (exact) mass is 740 g/mol. The van der Waals surface area contributed by atoms with Crippen LogP contribution in [0, 0.1) is 11.8 Å². The third-order valence-electron chi connectivity index (χ3n) is 8.52. The van der Waals surface area contributed by atoms with E-state index in [9.17, 15) is 33.9 Å². The number of primary amides is 1. The van der Waals surface area contributed by atoms with E-state index in [1.807, 2.05) is 26.0 Å². The number of nitrogens with two attached hydrogens (primary N) is 1. The Morgan fingerprint density at radius 3 is 1.57 bits per heavy atom. The highest BCUT2D eigenvalue weighted by atomic mass is 16.3. The van der Waals surface area contributed by atoms with Gasteiger partial charge in [-0.3, -0.25) is 28.8 Å². The van der Waals surface area contributed by atoms with Crippen LogP contribution in [0.25, 0.3) is 6.08 Å². The lowest BCUT2D eigenvalue weighted by molar-refractivity contribution is -0.135. The van der Waals surface area contributed by atoms with E-state index in [1.54, 1.807) is 74.5 Å². The smallest absolute Gasteiger partial charge is 0.244 e. The fourth-order valence-corrected chi connectivity index (χ4v) is 5.54. The molecular formula is C41H52N6O7. The second kappa shape index (κ2) is 20.9. The molecule has 0 aliphatic heterocycles. The zero-order valence-electron chi connectivity index (χ0n) is 31.4. The summed E-state index contributed by atoms with van der Waals surface area (Å²) in [5, 5.41) is 23.0. The van der Waals surface area contributed by atoms with Crippen LogP contribution in [0.15, 0.2) is 91.0 Å². The number of carbonyl (C=O) groups is 6. The average Bonchev–Trinajstić information content (AvgIpc) is 3.13. The lowest BCUT2D eigenvalue weighted by atomic mass is 9.98. The van der Waals surface area contributed by atoms with Crippen molar-refractivity contribution in [3.63, 3.8) is 0 Å². The maximum Gasteiger partial charge on any atom is 0.244 e. The number of hydrogen-bond donors (Lipinski definition) is 7. The Morgan fingerprint density at radius 2 is 1.09 bits per heavy atom. The van der Waals surface area contributed by atoms with Crippen molar-refractivity contribution in [3.8, 4) is 5.75 Å².